The minimum absolute atomic E-state index is 0.00647. The number of rotatable bonds is 27. The summed E-state index contributed by atoms with van der Waals surface area (Å²) in [5.41, 5.74) is 6.15. The first-order chi connectivity index (χ1) is 36.7. The summed E-state index contributed by atoms with van der Waals surface area (Å²) in [6.45, 7) is 12.4. The van der Waals surface area contributed by atoms with Crippen LogP contribution in [0.25, 0.3) is 16.9 Å². The molecule has 1 atom stereocenters. The van der Waals surface area contributed by atoms with Crippen LogP contribution in [-0.4, -0.2) is 137 Å². The first-order valence-corrected chi connectivity index (χ1v) is 28.5. The van der Waals surface area contributed by atoms with Crippen molar-refractivity contribution in [1.29, 1.82) is 0 Å². The molecule has 412 valence electrons. The fourth-order valence-corrected chi connectivity index (χ4v) is 10.9. The molecule has 0 aliphatic carbocycles. The Balaban J connectivity index is 1.13. The van der Waals surface area contributed by atoms with Gasteiger partial charge in [-0.05, 0) is 76.0 Å². The zero-order chi connectivity index (χ0) is 55.4. The number of hydrogen-bond acceptors (Lipinski definition) is 15. The third-order valence-electron chi connectivity index (χ3n) is 13.6. The second-order valence-electron chi connectivity index (χ2n) is 19.6. The molecule has 3 aromatic carbocycles. The maximum absolute atomic E-state index is 12.9. The van der Waals surface area contributed by atoms with E-state index in [9.17, 15) is 40.3 Å². The molecule has 18 nitrogen and oxygen atoms in total. The smallest absolute Gasteiger partial charge is 0.333 e. The molecule has 1 fully saturated rings. The van der Waals surface area contributed by atoms with E-state index < -0.39 is 54.1 Å². The van der Waals surface area contributed by atoms with Crippen LogP contribution in [0.4, 0.5) is 11.4 Å². The number of fused-ring (bicyclic) bond motifs is 3. The van der Waals surface area contributed by atoms with Crippen LogP contribution in [0.3, 0.4) is 0 Å². The van der Waals surface area contributed by atoms with Gasteiger partial charge in [0.15, 0.2) is 5.71 Å². The third-order valence-corrected chi connectivity index (χ3v) is 15.2. The molecule has 0 spiro atoms. The number of hydrogen-bond donors (Lipinski definition) is 1. The lowest BCUT2D eigenvalue weighted by Crippen LogP contribution is -2.46. The molecule has 4 heterocycles. The van der Waals surface area contributed by atoms with E-state index in [0.717, 1.165) is 33.5 Å². The van der Waals surface area contributed by atoms with Gasteiger partial charge in [0.25, 0.3) is 21.9 Å². The molecule has 4 aliphatic rings. The average Bonchev–Trinajstić information content (AvgIpc) is 3.86. The molecule has 1 saturated heterocycles. The van der Waals surface area contributed by atoms with Gasteiger partial charge in [0.05, 0.1) is 67.9 Å². The molecule has 7 rings (SSSR count). The summed E-state index contributed by atoms with van der Waals surface area (Å²) in [6.07, 6.45) is 17.2. The predicted molar refractivity (Wildman–Crippen MR) is 290 cm³/mol. The number of carbonyl (C=O) groups is 3. The Labute approximate surface area is 451 Å². The first kappa shape index (κ1) is 58.3. The van der Waals surface area contributed by atoms with Gasteiger partial charge in [-0.3, -0.25) is 14.1 Å². The summed E-state index contributed by atoms with van der Waals surface area (Å²) < 4.78 is 101. The number of ether oxygens (including phenoxy) is 5. The number of allylic oxidation sites excluding steroid dienone is 10. The van der Waals surface area contributed by atoms with Crippen LogP contribution in [-0.2, 0) is 63.8 Å². The molecule has 0 radical (unpaired) electrons. The second-order valence-corrected chi connectivity index (χ2v) is 22.5. The highest BCUT2D eigenvalue weighted by molar-refractivity contribution is 7.86. The predicted octanol–water partition coefficient (Wildman–Crippen LogP) is 7.89. The number of amides is 2. The van der Waals surface area contributed by atoms with E-state index in [-0.39, 0.29) is 50.6 Å². The standard InChI is InChI=1S/C57H67N3O15S2/c1-41-40-56(2,3)59(27-28-71-31-32-73-34-33-72-30-29-70-5)49-39-51-46(38-45(41)49)43(36-50(74-51)42-16-11-9-12-17-42)18-10-7-6-8-13-19-52-57(4,25-14-20-55(63)75-60-53(61)23-24-54(60)62)47-37-44(77(67,68)69)21-22-48(47)58(52)26-15-35-76(64,65)66/h6-13,16-19,21-22,36-40H,14-15,20,23-35H2,1-5H3,(H-,64,65,66,67,68,69). The van der Waals surface area contributed by atoms with Crippen LogP contribution in [0.1, 0.15) is 88.5 Å². The van der Waals surface area contributed by atoms with Gasteiger partial charge in [-0.1, -0.05) is 72.9 Å². The molecule has 2 amide bonds. The number of anilines is 1. The number of nitrogens with zero attached hydrogens (tertiary/aromatic N) is 3. The third kappa shape index (κ3) is 15.0. The van der Waals surface area contributed by atoms with E-state index in [0.29, 0.717) is 86.3 Å². The highest BCUT2D eigenvalue weighted by Crippen LogP contribution is 2.47. The van der Waals surface area contributed by atoms with Gasteiger partial charge in [0.2, 0.25) is 5.69 Å². The maximum atomic E-state index is 12.9. The molecular formula is C57H67N3O15S2. The van der Waals surface area contributed by atoms with Crippen molar-refractivity contribution in [1.82, 2.24) is 5.06 Å². The van der Waals surface area contributed by atoms with Crippen molar-refractivity contribution in [3.05, 3.63) is 138 Å². The van der Waals surface area contributed by atoms with Crippen molar-refractivity contribution >= 4 is 72.0 Å². The molecular weight excluding hydrogens is 1030 g/mol. The first-order valence-electron chi connectivity index (χ1n) is 25.5. The summed E-state index contributed by atoms with van der Waals surface area (Å²) >= 11 is 0. The van der Waals surface area contributed by atoms with Crippen LogP contribution >= 0.6 is 0 Å². The minimum Gasteiger partial charge on any atom is -0.744 e. The number of carbonyl (C=O) groups excluding carboxylic acids is 3. The fourth-order valence-electron chi connectivity index (χ4n) is 9.90. The van der Waals surface area contributed by atoms with Crippen LogP contribution in [0.15, 0.2) is 120 Å². The Morgan fingerprint density at radius 3 is 2.17 bits per heavy atom. The lowest BCUT2D eigenvalue weighted by atomic mass is 9.75. The number of hydroxylamine groups is 2. The van der Waals surface area contributed by atoms with Gasteiger partial charge >= 0.3 is 5.97 Å². The summed E-state index contributed by atoms with van der Waals surface area (Å²) in [7, 11) is -7.60. The Morgan fingerprint density at radius 2 is 1.49 bits per heavy atom. The zero-order valence-electron chi connectivity index (χ0n) is 44.1. The summed E-state index contributed by atoms with van der Waals surface area (Å²) in [5, 5.41) is 0.470. The normalized spacial score (nSPS) is 18.9. The van der Waals surface area contributed by atoms with Crippen LogP contribution in [0.5, 0.6) is 5.75 Å². The molecule has 0 bridgehead atoms. The van der Waals surface area contributed by atoms with E-state index in [4.69, 9.17) is 28.5 Å². The van der Waals surface area contributed by atoms with E-state index in [2.05, 4.69) is 43.9 Å². The molecule has 0 saturated carbocycles. The van der Waals surface area contributed by atoms with Gasteiger partial charge in [-0.2, -0.15) is 13.0 Å². The lowest BCUT2D eigenvalue weighted by molar-refractivity contribution is -0.437. The monoisotopic (exact) mass is 1100 g/mol. The van der Waals surface area contributed by atoms with E-state index in [1.165, 1.54) is 18.2 Å². The highest BCUT2D eigenvalue weighted by Gasteiger charge is 2.48. The summed E-state index contributed by atoms with van der Waals surface area (Å²) in [4.78, 5) is 44.0. The van der Waals surface area contributed by atoms with Crippen LogP contribution in [0.2, 0.25) is 0 Å². The Hall–Kier alpha value is -6.36. The largest absolute Gasteiger partial charge is 0.744 e. The summed E-state index contributed by atoms with van der Waals surface area (Å²) in [5.74, 6) is -1.22. The number of methoxy groups -OCH3 is 1. The molecule has 1 N–H and O–H groups in total. The average molecular weight is 1100 g/mol. The van der Waals surface area contributed by atoms with Crippen LogP contribution < -0.4 is 9.64 Å². The van der Waals surface area contributed by atoms with Gasteiger partial charge < -0.3 is 38.0 Å². The van der Waals surface area contributed by atoms with Crippen molar-refractivity contribution < 1.29 is 73.4 Å². The highest BCUT2D eigenvalue weighted by atomic mass is 32.2. The van der Waals surface area contributed by atoms with Gasteiger partial charge in [-0.25, -0.2) is 13.2 Å². The molecule has 0 aromatic heterocycles. The fraction of sp³-hybridized carbons (Fsp3) is 0.404. The molecule has 20 heteroatoms. The van der Waals surface area contributed by atoms with Gasteiger partial charge in [0.1, 0.15) is 28.2 Å². The van der Waals surface area contributed by atoms with Crippen molar-refractivity contribution in [3.8, 4) is 5.75 Å². The Morgan fingerprint density at radius 1 is 0.831 bits per heavy atom. The topological polar surface area (TPSA) is 228 Å². The van der Waals surface area contributed by atoms with Gasteiger partial charge in [-0.15, -0.1) is 5.06 Å². The van der Waals surface area contributed by atoms with Crippen molar-refractivity contribution in [2.45, 2.75) is 82.1 Å². The molecule has 1 unspecified atom stereocenters. The maximum Gasteiger partial charge on any atom is 0.333 e. The second kappa shape index (κ2) is 25.9. The number of benzene rings is 3. The molecule has 77 heavy (non-hydrogen) atoms. The van der Waals surface area contributed by atoms with E-state index >= 15 is 0 Å². The summed E-state index contributed by atoms with van der Waals surface area (Å²) in [6, 6.07) is 18.1. The van der Waals surface area contributed by atoms with Crippen LogP contribution in [0, 0.1) is 0 Å². The molecule has 4 aliphatic heterocycles. The molecule has 3 aromatic rings. The quantitative estimate of drug-likeness (QED) is 0.0252. The van der Waals surface area contributed by atoms with Crippen molar-refractivity contribution in [2.75, 3.05) is 77.1 Å². The number of imide groups is 1. The Bertz CT molecular complexity index is 3120. The van der Waals surface area contributed by atoms with E-state index in [1.54, 1.807) is 29.9 Å². The van der Waals surface area contributed by atoms with Crippen molar-refractivity contribution in [2.24, 2.45) is 0 Å². The lowest BCUT2D eigenvalue weighted by Gasteiger charge is -2.44. The minimum atomic E-state index is -4.90. The zero-order valence-corrected chi connectivity index (χ0v) is 45.7. The van der Waals surface area contributed by atoms with Gasteiger partial charge in [0, 0.05) is 85.5 Å². The SMILES string of the molecule is COCCOCCOCCOCCN1c2cc3c(cc2C(C)=CC1(C)C)/C(=C/C=C/C=C/C=C/C1=[N+](CCCS(=O)(=O)O)c2ccc(S(=O)(=O)[O-])cc2C1(C)CCCC(=O)ON1C(=O)CCC1=O)C=C(c1ccccc1)O3. The van der Waals surface area contributed by atoms with E-state index in [1.807, 2.05) is 67.6 Å². The Kier molecular flexibility index (Phi) is 19.6. The van der Waals surface area contributed by atoms with Crippen molar-refractivity contribution in [3.63, 3.8) is 0 Å².